The topological polar surface area (TPSA) is 91.1 Å². The first-order valence-electron chi connectivity index (χ1n) is 9.70. The Morgan fingerprint density at radius 2 is 1.88 bits per heavy atom. The Labute approximate surface area is 154 Å². The van der Waals surface area contributed by atoms with Gasteiger partial charge >= 0.3 is 0 Å². The summed E-state index contributed by atoms with van der Waals surface area (Å²) in [6.45, 7) is 3.87. The lowest BCUT2D eigenvalue weighted by molar-refractivity contribution is -0.127. The SMILES string of the molecule is Cc1c[nH]cc(C(=O)N[C@@H](C)CNC(=O)C2C[C@H]3CCC[C@@H](C2)C3)c1=O. The third-order valence-corrected chi connectivity index (χ3v) is 5.83. The summed E-state index contributed by atoms with van der Waals surface area (Å²) in [5, 5.41) is 5.77. The van der Waals surface area contributed by atoms with E-state index in [4.69, 9.17) is 0 Å². The Hall–Kier alpha value is -2.11. The van der Waals surface area contributed by atoms with Gasteiger partial charge in [-0.2, -0.15) is 0 Å². The smallest absolute Gasteiger partial charge is 0.257 e. The molecule has 2 aliphatic carbocycles. The molecule has 0 radical (unpaired) electrons. The lowest BCUT2D eigenvalue weighted by atomic mass is 9.68. The van der Waals surface area contributed by atoms with Crippen molar-refractivity contribution in [3.05, 3.63) is 33.7 Å². The summed E-state index contributed by atoms with van der Waals surface area (Å²) in [5.41, 5.74) is 0.330. The minimum absolute atomic E-state index is 0.100. The molecule has 2 fully saturated rings. The monoisotopic (exact) mass is 359 g/mol. The number of nitrogens with one attached hydrogen (secondary N) is 3. The number of amides is 2. The van der Waals surface area contributed by atoms with Crippen molar-refractivity contribution >= 4 is 11.8 Å². The van der Waals surface area contributed by atoms with Crippen LogP contribution in [0.15, 0.2) is 17.2 Å². The maximum Gasteiger partial charge on any atom is 0.257 e. The molecule has 6 nitrogen and oxygen atoms in total. The van der Waals surface area contributed by atoms with Gasteiger partial charge in [-0.3, -0.25) is 14.4 Å². The van der Waals surface area contributed by atoms with E-state index in [-0.39, 0.29) is 28.9 Å². The fourth-order valence-corrected chi connectivity index (χ4v) is 4.46. The number of aryl methyl sites for hydroxylation is 1. The number of pyridine rings is 1. The van der Waals surface area contributed by atoms with Crippen molar-refractivity contribution in [2.24, 2.45) is 17.8 Å². The van der Waals surface area contributed by atoms with Gasteiger partial charge in [0.1, 0.15) is 5.56 Å². The van der Waals surface area contributed by atoms with Gasteiger partial charge in [0.15, 0.2) is 5.43 Å². The Bertz CT molecular complexity index is 715. The predicted molar refractivity (Wildman–Crippen MR) is 99.9 cm³/mol. The Balaban J connectivity index is 1.48. The van der Waals surface area contributed by atoms with E-state index in [9.17, 15) is 14.4 Å². The summed E-state index contributed by atoms with van der Waals surface area (Å²) in [6.07, 6.45) is 10.1. The molecule has 2 saturated carbocycles. The predicted octanol–water partition coefficient (Wildman–Crippen LogP) is 2.13. The highest BCUT2D eigenvalue weighted by Crippen LogP contribution is 2.42. The molecule has 0 saturated heterocycles. The number of aromatic amines is 1. The van der Waals surface area contributed by atoms with Crippen LogP contribution in [0, 0.1) is 24.7 Å². The summed E-state index contributed by atoms with van der Waals surface area (Å²) < 4.78 is 0. The summed E-state index contributed by atoms with van der Waals surface area (Å²) in [6, 6.07) is -0.241. The van der Waals surface area contributed by atoms with Crippen LogP contribution >= 0.6 is 0 Å². The van der Waals surface area contributed by atoms with Crippen LogP contribution in [0.1, 0.15) is 61.4 Å². The summed E-state index contributed by atoms with van der Waals surface area (Å²) in [7, 11) is 0. The van der Waals surface area contributed by atoms with E-state index >= 15 is 0 Å². The van der Waals surface area contributed by atoms with Crippen LogP contribution in [0.4, 0.5) is 0 Å². The van der Waals surface area contributed by atoms with E-state index in [2.05, 4.69) is 15.6 Å². The average Bonchev–Trinajstić information content (AvgIpc) is 2.61. The summed E-state index contributed by atoms with van der Waals surface area (Å²) in [4.78, 5) is 39.6. The summed E-state index contributed by atoms with van der Waals surface area (Å²) in [5.74, 6) is 1.23. The maximum absolute atomic E-state index is 12.5. The Morgan fingerprint density at radius 3 is 2.58 bits per heavy atom. The van der Waals surface area contributed by atoms with Gasteiger partial charge in [-0.15, -0.1) is 0 Å². The van der Waals surface area contributed by atoms with E-state index in [1.807, 2.05) is 6.92 Å². The molecule has 1 heterocycles. The molecule has 6 heteroatoms. The minimum atomic E-state index is -0.413. The van der Waals surface area contributed by atoms with Crippen molar-refractivity contribution < 1.29 is 9.59 Å². The molecule has 1 aromatic rings. The highest BCUT2D eigenvalue weighted by atomic mass is 16.2. The van der Waals surface area contributed by atoms with Gasteiger partial charge in [0.25, 0.3) is 5.91 Å². The van der Waals surface area contributed by atoms with Crippen molar-refractivity contribution in [3.8, 4) is 0 Å². The van der Waals surface area contributed by atoms with Gasteiger partial charge in [0, 0.05) is 36.5 Å². The first kappa shape index (κ1) is 18.7. The fraction of sp³-hybridized carbons (Fsp3) is 0.650. The summed E-state index contributed by atoms with van der Waals surface area (Å²) >= 11 is 0. The molecule has 3 N–H and O–H groups in total. The lowest BCUT2D eigenvalue weighted by Gasteiger charge is -2.38. The number of fused-ring (bicyclic) bond motifs is 2. The number of aromatic nitrogens is 1. The molecule has 2 aliphatic rings. The zero-order chi connectivity index (χ0) is 18.7. The van der Waals surface area contributed by atoms with Gasteiger partial charge in [-0.25, -0.2) is 0 Å². The number of hydrogen-bond donors (Lipinski definition) is 3. The minimum Gasteiger partial charge on any atom is -0.366 e. The van der Waals surface area contributed by atoms with E-state index in [0.29, 0.717) is 23.9 Å². The number of hydrogen-bond acceptors (Lipinski definition) is 3. The molecule has 2 amide bonds. The van der Waals surface area contributed by atoms with Crippen molar-refractivity contribution in [3.63, 3.8) is 0 Å². The Kier molecular flexibility index (Phi) is 5.79. The average molecular weight is 359 g/mol. The third kappa shape index (κ3) is 4.34. The van der Waals surface area contributed by atoms with Crippen molar-refractivity contribution in [2.75, 3.05) is 6.54 Å². The lowest BCUT2D eigenvalue weighted by Crippen LogP contribution is -2.45. The molecule has 0 aromatic carbocycles. The van der Waals surface area contributed by atoms with E-state index in [0.717, 1.165) is 12.8 Å². The highest BCUT2D eigenvalue weighted by molar-refractivity contribution is 5.94. The van der Waals surface area contributed by atoms with E-state index in [1.54, 1.807) is 13.1 Å². The Morgan fingerprint density at radius 1 is 1.19 bits per heavy atom. The molecule has 1 aromatic heterocycles. The van der Waals surface area contributed by atoms with Gasteiger partial charge < -0.3 is 15.6 Å². The molecule has 2 bridgehead atoms. The van der Waals surface area contributed by atoms with Crippen molar-refractivity contribution in [1.82, 2.24) is 15.6 Å². The number of H-pyrrole nitrogens is 1. The number of carbonyl (C=O) groups is 2. The first-order valence-corrected chi connectivity index (χ1v) is 9.70. The second-order valence-corrected chi connectivity index (χ2v) is 8.07. The number of carbonyl (C=O) groups excluding carboxylic acids is 2. The van der Waals surface area contributed by atoms with Crippen LogP contribution in [-0.4, -0.2) is 29.4 Å². The second kappa shape index (κ2) is 8.06. The molecular formula is C20H29N3O3. The fourth-order valence-electron chi connectivity index (χ4n) is 4.46. The molecule has 0 spiro atoms. The van der Waals surface area contributed by atoms with Crippen molar-refractivity contribution in [2.45, 2.75) is 58.4 Å². The number of rotatable bonds is 5. The van der Waals surface area contributed by atoms with Crippen LogP contribution in [-0.2, 0) is 4.79 Å². The molecule has 1 unspecified atom stereocenters. The van der Waals surface area contributed by atoms with Crippen molar-refractivity contribution in [1.29, 1.82) is 0 Å². The zero-order valence-electron chi connectivity index (χ0n) is 15.6. The molecule has 4 atom stereocenters. The molecule has 142 valence electrons. The maximum atomic E-state index is 12.5. The molecule has 26 heavy (non-hydrogen) atoms. The quantitative estimate of drug-likeness (QED) is 0.752. The van der Waals surface area contributed by atoms with Crippen LogP contribution in [0.25, 0.3) is 0 Å². The van der Waals surface area contributed by atoms with Crippen LogP contribution in [0.2, 0.25) is 0 Å². The van der Waals surface area contributed by atoms with E-state index in [1.165, 1.54) is 31.9 Å². The molecule has 3 rings (SSSR count). The highest BCUT2D eigenvalue weighted by Gasteiger charge is 2.35. The van der Waals surface area contributed by atoms with Gasteiger partial charge in [-0.1, -0.05) is 19.3 Å². The first-order chi connectivity index (χ1) is 12.4. The van der Waals surface area contributed by atoms with Crippen LogP contribution in [0.3, 0.4) is 0 Å². The largest absolute Gasteiger partial charge is 0.366 e. The molecule has 0 aliphatic heterocycles. The zero-order valence-corrected chi connectivity index (χ0v) is 15.6. The van der Waals surface area contributed by atoms with Gasteiger partial charge in [0.2, 0.25) is 5.91 Å². The van der Waals surface area contributed by atoms with Gasteiger partial charge in [-0.05, 0) is 44.9 Å². The van der Waals surface area contributed by atoms with Gasteiger partial charge in [0.05, 0.1) is 0 Å². The standard InChI is InChI=1S/C20H29N3O3/c1-12-9-21-11-17(18(12)24)20(26)23-13(2)10-22-19(25)16-7-14-4-3-5-15(6-14)8-16/h9,11,13-16H,3-8,10H2,1-2H3,(H,21,24)(H,22,25)(H,23,26)/t13-,14-,15+,16?/m0/s1. The van der Waals surface area contributed by atoms with Crippen LogP contribution < -0.4 is 16.1 Å². The molecular weight excluding hydrogens is 330 g/mol. The normalized spacial score (nSPS) is 26.0. The second-order valence-electron chi connectivity index (χ2n) is 8.07. The van der Waals surface area contributed by atoms with E-state index < -0.39 is 5.91 Å². The third-order valence-electron chi connectivity index (χ3n) is 5.83. The van der Waals surface area contributed by atoms with Crippen LogP contribution in [0.5, 0.6) is 0 Å².